The van der Waals surface area contributed by atoms with Crippen LogP contribution < -0.4 is 15.0 Å². The minimum absolute atomic E-state index is 0.203. The summed E-state index contributed by atoms with van der Waals surface area (Å²) in [5.74, 6) is 0.203. The number of halogens is 2. The van der Waals surface area contributed by atoms with E-state index >= 15 is 0 Å². The molecule has 5 heteroatoms. The van der Waals surface area contributed by atoms with E-state index in [1.807, 2.05) is 12.1 Å². The van der Waals surface area contributed by atoms with Crippen LogP contribution in [0.3, 0.4) is 0 Å². The third-order valence-corrected chi connectivity index (χ3v) is 3.02. The van der Waals surface area contributed by atoms with Crippen molar-refractivity contribution in [3.63, 3.8) is 0 Å². The van der Waals surface area contributed by atoms with Crippen LogP contribution in [0, 0.1) is 0 Å². The highest BCUT2D eigenvalue weighted by molar-refractivity contribution is 5.49. The first kappa shape index (κ1) is 13.1. The van der Waals surface area contributed by atoms with Crippen LogP contribution >= 0.6 is 0 Å². The molecule has 100 valence electrons. The zero-order chi connectivity index (χ0) is 13.0. The number of benzene rings is 1. The minimum Gasteiger partial charge on any atom is -0.435 e. The molecule has 1 saturated heterocycles. The van der Waals surface area contributed by atoms with Crippen LogP contribution in [-0.4, -0.2) is 32.3 Å². The molecular formula is C13H18F2N2O. The molecule has 1 unspecified atom stereocenters. The molecule has 1 atom stereocenters. The molecule has 18 heavy (non-hydrogen) atoms. The van der Waals surface area contributed by atoms with Crippen LogP contribution in [0.15, 0.2) is 24.3 Å². The van der Waals surface area contributed by atoms with E-state index < -0.39 is 6.61 Å². The first-order chi connectivity index (χ1) is 8.65. The van der Waals surface area contributed by atoms with Gasteiger partial charge in [-0.2, -0.15) is 8.78 Å². The Kier molecular flexibility index (Phi) is 4.36. The second kappa shape index (κ2) is 6.00. The van der Waals surface area contributed by atoms with Gasteiger partial charge < -0.3 is 15.0 Å². The molecule has 0 amide bonds. The maximum absolute atomic E-state index is 12.0. The number of nitrogens with zero attached hydrogens (tertiary/aromatic N) is 1. The second-order valence-corrected chi connectivity index (χ2v) is 4.53. The number of nitrogens with one attached hydrogen (secondary N) is 1. The lowest BCUT2D eigenvalue weighted by atomic mass is 10.2. The number of hydrogen-bond donors (Lipinski definition) is 1. The standard InChI is InChI=1S/C13H18F2N2O/c1-10-9-17(8-2-7-16-10)11-3-5-12(6-4-11)18-13(14)15/h3-6,10,13,16H,2,7-9H2,1H3. The average molecular weight is 256 g/mol. The molecule has 1 fully saturated rings. The van der Waals surface area contributed by atoms with Gasteiger partial charge >= 0.3 is 6.61 Å². The van der Waals surface area contributed by atoms with Crippen LogP contribution in [-0.2, 0) is 0 Å². The molecule has 0 spiro atoms. The highest BCUT2D eigenvalue weighted by Crippen LogP contribution is 2.21. The molecular weight excluding hydrogens is 238 g/mol. The van der Waals surface area contributed by atoms with Crippen molar-refractivity contribution in [1.29, 1.82) is 0 Å². The fourth-order valence-electron chi connectivity index (χ4n) is 2.18. The highest BCUT2D eigenvalue weighted by atomic mass is 19.3. The van der Waals surface area contributed by atoms with Crippen LogP contribution in [0.2, 0.25) is 0 Å². The number of hydrogen-bond acceptors (Lipinski definition) is 3. The third-order valence-electron chi connectivity index (χ3n) is 3.02. The van der Waals surface area contributed by atoms with Gasteiger partial charge in [0.1, 0.15) is 5.75 Å². The zero-order valence-corrected chi connectivity index (χ0v) is 10.4. The molecule has 0 saturated carbocycles. The number of rotatable bonds is 3. The van der Waals surface area contributed by atoms with E-state index in [2.05, 4.69) is 21.9 Å². The second-order valence-electron chi connectivity index (χ2n) is 4.53. The zero-order valence-electron chi connectivity index (χ0n) is 10.4. The molecule has 2 rings (SSSR count). The summed E-state index contributed by atoms with van der Waals surface area (Å²) in [6.45, 7) is 2.30. The topological polar surface area (TPSA) is 24.5 Å². The van der Waals surface area contributed by atoms with Crippen molar-refractivity contribution in [2.45, 2.75) is 26.0 Å². The molecule has 3 nitrogen and oxygen atoms in total. The summed E-state index contributed by atoms with van der Waals surface area (Å²) in [5.41, 5.74) is 1.05. The van der Waals surface area contributed by atoms with Crippen molar-refractivity contribution < 1.29 is 13.5 Å². The lowest BCUT2D eigenvalue weighted by Crippen LogP contribution is -2.35. The maximum atomic E-state index is 12.0. The van der Waals surface area contributed by atoms with Gasteiger partial charge in [-0.25, -0.2) is 0 Å². The molecule has 0 radical (unpaired) electrons. The molecule has 1 N–H and O–H groups in total. The van der Waals surface area contributed by atoms with E-state index in [1.165, 1.54) is 0 Å². The average Bonchev–Trinajstić information content (AvgIpc) is 2.54. The lowest BCUT2D eigenvalue weighted by molar-refractivity contribution is -0.0498. The number of alkyl halides is 2. The van der Waals surface area contributed by atoms with Crippen molar-refractivity contribution in [3.05, 3.63) is 24.3 Å². The Morgan fingerprint density at radius 1 is 1.33 bits per heavy atom. The summed E-state index contributed by atoms with van der Waals surface area (Å²) in [4.78, 5) is 2.26. The van der Waals surface area contributed by atoms with Crippen molar-refractivity contribution >= 4 is 5.69 Å². The van der Waals surface area contributed by atoms with Crippen molar-refractivity contribution in [2.75, 3.05) is 24.5 Å². The molecule has 1 aliphatic heterocycles. The Bertz CT molecular complexity index is 370. The third kappa shape index (κ3) is 3.57. The van der Waals surface area contributed by atoms with E-state index in [9.17, 15) is 8.78 Å². The monoisotopic (exact) mass is 256 g/mol. The molecule has 0 aromatic heterocycles. The number of anilines is 1. The van der Waals surface area contributed by atoms with Gasteiger partial charge in [0, 0.05) is 24.8 Å². The summed E-state index contributed by atoms with van der Waals surface area (Å²) in [5, 5.41) is 3.42. The molecule has 1 aliphatic rings. The minimum atomic E-state index is -2.77. The number of ether oxygens (including phenoxy) is 1. The van der Waals surface area contributed by atoms with Crippen LogP contribution in [0.5, 0.6) is 5.75 Å². The van der Waals surface area contributed by atoms with Gasteiger partial charge in [0.2, 0.25) is 0 Å². The normalized spacial score (nSPS) is 20.9. The largest absolute Gasteiger partial charge is 0.435 e. The first-order valence-corrected chi connectivity index (χ1v) is 6.18. The fraction of sp³-hybridized carbons (Fsp3) is 0.538. The van der Waals surface area contributed by atoms with Gasteiger partial charge in [0.05, 0.1) is 0 Å². The van der Waals surface area contributed by atoms with Gasteiger partial charge in [-0.3, -0.25) is 0 Å². The molecule has 1 aromatic rings. The fourth-order valence-corrected chi connectivity index (χ4v) is 2.18. The van der Waals surface area contributed by atoms with E-state index in [1.54, 1.807) is 12.1 Å². The summed E-state index contributed by atoms with van der Waals surface area (Å²) in [6, 6.07) is 7.27. The predicted octanol–water partition coefficient (Wildman–Crippen LogP) is 2.48. The quantitative estimate of drug-likeness (QED) is 0.899. The first-order valence-electron chi connectivity index (χ1n) is 6.18. The molecule has 0 bridgehead atoms. The Morgan fingerprint density at radius 2 is 2.06 bits per heavy atom. The Morgan fingerprint density at radius 3 is 2.72 bits per heavy atom. The van der Waals surface area contributed by atoms with Gasteiger partial charge in [-0.05, 0) is 44.2 Å². The Labute approximate surface area is 106 Å². The highest BCUT2D eigenvalue weighted by Gasteiger charge is 2.14. The van der Waals surface area contributed by atoms with Crippen molar-refractivity contribution in [1.82, 2.24) is 5.32 Å². The van der Waals surface area contributed by atoms with E-state index in [0.717, 1.165) is 31.7 Å². The van der Waals surface area contributed by atoms with Gasteiger partial charge in [0.25, 0.3) is 0 Å². The molecule has 0 aliphatic carbocycles. The SMILES string of the molecule is CC1CN(c2ccc(OC(F)F)cc2)CCCN1. The van der Waals surface area contributed by atoms with Crippen molar-refractivity contribution in [2.24, 2.45) is 0 Å². The Hall–Kier alpha value is -1.36. The summed E-state index contributed by atoms with van der Waals surface area (Å²) >= 11 is 0. The van der Waals surface area contributed by atoms with Gasteiger partial charge in [0.15, 0.2) is 0 Å². The maximum Gasteiger partial charge on any atom is 0.387 e. The van der Waals surface area contributed by atoms with Crippen LogP contribution in [0.1, 0.15) is 13.3 Å². The lowest BCUT2D eigenvalue weighted by Gasteiger charge is -2.25. The van der Waals surface area contributed by atoms with Crippen molar-refractivity contribution in [3.8, 4) is 5.75 Å². The summed E-state index contributed by atoms with van der Waals surface area (Å²) < 4.78 is 28.4. The van der Waals surface area contributed by atoms with E-state index in [-0.39, 0.29) is 5.75 Å². The smallest absolute Gasteiger partial charge is 0.387 e. The van der Waals surface area contributed by atoms with Gasteiger partial charge in [-0.15, -0.1) is 0 Å². The molecule has 1 heterocycles. The van der Waals surface area contributed by atoms with Gasteiger partial charge in [-0.1, -0.05) is 0 Å². The predicted molar refractivity (Wildman–Crippen MR) is 67.4 cm³/mol. The summed E-state index contributed by atoms with van der Waals surface area (Å²) in [7, 11) is 0. The molecule has 1 aromatic carbocycles. The van der Waals surface area contributed by atoms with E-state index in [0.29, 0.717) is 6.04 Å². The van der Waals surface area contributed by atoms with Crippen LogP contribution in [0.25, 0.3) is 0 Å². The van der Waals surface area contributed by atoms with E-state index in [4.69, 9.17) is 0 Å². The Balaban J connectivity index is 2.03. The summed E-state index contributed by atoms with van der Waals surface area (Å²) in [6.07, 6.45) is 1.08. The van der Waals surface area contributed by atoms with Crippen LogP contribution in [0.4, 0.5) is 14.5 Å².